The number of H-pyrrole nitrogens is 1. The zero-order chi connectivity index (χ0) is 10.2. The summed E-state index contributed by atoms with van der Waals surface area (Å²) >= 11 is 0. The van der Waals surface area contributed by atoms with Gasteiger partial charge in [0, 0.05) is 11.1 Å². The van der Waals surface area contributed by atoms with E-state index in [0.29, 0.717) is 0 Å². The van der Waals surface area contributed by atoms with Crippen molar-refractivity contribution in [3.8, 4) is 0 Å². The second-order valence-electron chi connectivity index (χ2n) is 4.63. The largest absolute Gasteiger partial charge is 0.345 e. The predicted octanol–water partition coefficient (Wildman–Crippen LogP) is 2.04. The van der Waals surface area contributed by atoms with Crippen molar-refractivity contribution < 1.29 is 0 Å². The molecule has 13 heavy (non-hydrogen) atoms. The Morgan fingerprint density at radius 3 is 2.15 bits per heavy atom. The number of imidazole rings is 1. The molecule has 1 atom stereocenters. The van der Waals surface area contributed by atoms with Crippen LogP contribution in [-0.2, 0) is 5.41 Å². The van der Waals surface area contributed by atoms with Crippen molar-refractivity contribution in [2.24, 2.45) is 5.73 Å². The first-order valence-electron chi connectivity index (χ1n) is 4.65. The van der Waals surface area contributed by atoms with Crippen LogP contribution < -0.4 is 5.73 Å². The van der Waals surface area contributed by atoms with Crippen LogP contribution in [0, 0.1) is 6.92 Å². The predicted molar refractivity (Wildman–Crippen MR) is 54.6 cm³/mol. The van der Waals surface area contributed by atoms with Crippen molar-refractivity contribution in [2.45, 2.75) is 46.1 Å². The average molecular weight is 181 g/mol. The number of rotatable bonds is 1. The van der Waals surface area contributed by atoms with Gasteiger partial charge in [-0.1, -0.05) is 20.8 Å². The molecule has 0 aliphatic carbocycles. The highest BCUT2D eigenvalue weighted by Crippen LogP contribution is 2.24. The van der Waals surface area contributed by atoms with Crippen molar-refractivity contribution in [3.63, 3.8) is 0 Å². The Labute approximate surface area is 79.8 Å². The van der Waals surface area contributed by atoms with E-state index in [1.165, 1.54) is 0 Å². The molecular weight excluding hydrogens is 162 g/mol. The van der Waals surface area contributed by atoms with E-state index >= 15 is 0 Å². The fraction of sp³-hybridized carbons (Fsp3) is 0.700. The highest BCUT2D eigenvalue weighted by atomic mass is 15.0. The maximum Gasteiger partial charge on any atom is 0.123 e. The molecule has 74 valence electrons. The summed E-state index contributed by atoms with van der Waals surface area (Å²) in [6, 6.07) is -0.0187. The van der Waals surface area contributed by atoms with Gasteiger partial charge in [0.05, 0.1) is 11.7 Å². The molecule has 0 aliphatic rings. The Balaban J connectivity index is 3.11. The highest BCUT2D eigenvalue weighted by Gasteiger charge is 2.21. The third-order valence-corrected chi connectivity index (χ3v) is 2.04. The average Bonchev–Trinajstić information content (AvgIpc) is 2.29. The van der Waals surface area contributed by atoms with E-state index in [4.69, 9.17) is 5.73 Å². The molecule has 0 aliphatic heterocycles. The molecule has 0 amide bonds. The fourth-order valence-electron chi connectivity index (χ4n) is 1.43. The van der Waals surface area contributed by atoms with Crippen LogP contribution >= 0.6 is 0 Å². The van der Waals surface area contributed by atoms with Gasteiger partial charge in [-0.05, 0) is 13.8 Å². The summed E-state index contributed by atoms with van der Waals surface area (Å²) in [4.78, 5) is 7.71. The monoisotopic (exact) mass is 181 g/mol. The Kier molecular flexibility index (Phi) is 2.48. The van der Waals surface area contributed by atoms with E-state index < -0.39 is 0 Å². The Morgan fingerprint density at radius 1 is 1.38 bits per heavy atom. The second kappa shape index (κ2) is 3.14. The first-order valence-corrected chi connectivity index (χ1v) is 4.65. The van der Waals surface area contributed by atoms with E-state index in [1.807, 2.05) is 13.8 Å². The summed E-state index contributed by atoms with van der Waals surface area (Å²) in [6.07, 6.45) is 0. The number of aromatic nitrogens is 2. The number of hydrogen-bond acceptors (Lipinski definition) is 2. The second-order valence-corrected chi connectivity index (χ2v) is 4.63. The number of nitrogens with zero attached hydrogens (tertiary/aromatic N) is 1. The first-order chi connectivity index (χ1) is 5.82. The summed E-state index contributed by atoms with van der Waals surface area (Å²) in [5.41, 5.74) is 8.07. The summed E-state index contributed by atoms with van der Waals surface area (Å²) in [6.45, 7) is 10.4. The van der Waals surface area contributed by atoms with Crippen LogP contribution in [0.3, 0.4) is 0 Å². The van der Waals surface area contributed by atoms with Crippen LogP contribution in [0.4, 0.5) is 0 Å². The number of aromatic amines is 1. The summed E-state index contributed by atoms with van der Waals surface area (Å²) in [5.74, 6) is 0.877. The van der Waals surface area contributed by atoms with E-state index in [9.17, 15) is 0 Å². The molecule has 1 unspecified atom stereocenters. The lowest BCUT2D eigenvalue weighted by molar-refractivity contribution is 0.565. The lowest BCUT2D eigenvalue weighted by Crippen LogP contribution is -2.14. The Morgan fingerprint density at radius 2 is 1.92 bits per heavy atom. The van der Waals surface area contributed by atoms with E-state index in [-0.39, 0.29) is 11.5 Å². The van der Waals surface area contributed by atoms with Gasteiger partial charge in [-0.15, -0.1) is 0 Å². The number of nitrogens with two attached hydrogens (primary N) is 1. The van der Waals surface area contributed by atoms with Crippen molar-refractivity contribution >= 4 is 0 Å². The van der Waals surface area contributed by atoms with Crippen molar-refractivity contribution in [3.05, 3.63) is 17.2 Å². The van der Waals surface area contributed by atoms with Gasteiger partial charge in [0.1, 0.15) is 5.82 Å². The van der Waals surface area contributed by atoms with Crippen molar-refractivity contribution in [2.75, 3.05) is 0 Å². The topological polar surface area (TPSA) is 54.7 Å². The van der Waals surface area contributed by atoms with E-state index in [2.05, 4.69) is 30.7 Å². The molecule has 1 heterocycles. The van der Waals surface area contributed by atoms with Gasteiger partial charge in [0.15, 0.2) is 0 Å². The molecule has 1 aromatic heterocycles. The number of nitrogens with one attached hydrogen (secondary N) is 1. The van der Waals surface area contributed by atoms with Crippen LogP contribution in [0.15, 0.2) is 0 Å². The third-order valence-electron chi connectivity index (χ3n) is 2.04. The minimum Gasteiger partial charge on any atom is -0.345 e. The van der Waals surface area contributed by atoms with Crippen LogP contribution in [-0.4, -0.2) is 9.97 Å². The molecule has 1 aromatic rings. The van der Waals surface area contributed by atoms with Crippen LogP contribution in [0.25, 0.3) is 0 Å². The molecule has 0 fully saturated rings. The molecule has 0 saturated heterocycles. The van der Waals surface area contributed by atoms with E-state index in [0.717, 1.165) is 17.2 Å². The lowest BCUT2D eigenvalue weighted by Gasteiger charge is -2.16. The zero-order valence-corrected chi connectivity index (χ0v) is 9.10. The molecule has 0 radical (unpaired) electrons. The normalized spacial score (nSPS) is 14.6. The van der Waals surface area contributed by atoms with E-state index in [1.54, 1.807) is 0 Å². The van der Waals surface area contributed by atoms with Gasteiger partial charge < -0.3 is 10.7 Å². The molecular formula is C10H19N3. The molecule has 3 N–H and O–H groups in total. The lowest BCUT2D eigenvalue weighted by atomic mass is 9.91. The van der Waals surface area contributed by atoms with Crippen LogP contribution in [0.1, 0.15) is 50.9 Å². The van der Waals surface area contributed by atoms with Crippen molar-refractivity contribution in [1.82, 2.24) is 9.97 Å². The fourth-order valence-corrected chi connectivity index (χ4v) is 1.43. The number of hydrogen-bond donors (Lipinski definition) is 2. The minimum atomic E-state index is -0.0187. The van der Waals surface area contributed by atoms with Crippen molar-refractivity contribution in [1.29, 1.82) is 0 Å². The minimum absolute atomic E-state index is 0.0187. The summed E-state index contributed by atoms with van der Waals surface area (Å²) in [7, 11) is 0. The SMILES string of the molecule is Cc1[nH]c(C(C)N)nc1C(C)(C)C. The quantitative estimate of drug-likeness (QED) is 0.696. The molecule has 0 aromatic carbocycles. The van der Waals surface area contributed by atoms with Gasteiger partial charge >= 0.3 is 0 Å². The number of aryl methyl sites for hydroxylation is 1. The summed E-state index contributed by atoms with van der Waals surface area (Å²) < 4.78 is 0. The standard InChI is InChI=1S/C10H19N3/c1-6(11)9-12-7(2)8(13-9)10(3,4)5/h6H,11H2,1-5H3,(H,12,13). The molecule has 0 saturated carbocycles. The Hall–Kier alpha value is -0.830. The maximum atomic E-state index is 5.75. The van der Waals surface area contributed by atoms with Gasteiger partial charge in [-0.2, -0.15) is 0 Å². The Bertz CT molecular complexity index is 292. The molecule has 3 heteroatoms. The van der Waals surface area contributed by atoms with Gasteiger partial charge in [-0.3, -0.25) is 0 Å². The molecule has 0 spiro atoms. The highest BCUT2D eigenvalue weighted by molar-refractivity contribution is 5.21. The van der Waals surface area contributed by atoms with Crippen LogP contribution in [0.5, 0.6) is 0 Å². The van der Waals surface area contributed by atoms with Crippen LogP contribution in [0.2, 0.25) is 0 Å². The first kappa shape index (κ1) is 10.3. The van der Waals surface area contributed by atoms with Gasteiger partial charge in [0.2, 0.25) is 0 Å². The summed E-state index contributed by atoms with van der Waals surface area (Å²) in [5, 5.41) is 0. The third kappa shape index (κ3) is 2.10. The smallest absolute Gasteiger partial charge is 0.123 e. The van der Waals surface area contributed by atoms with Gasteiger partial charge in [-0.25, -0.2) is 4.98 Å². The van der Waals surface area contributed by atoms with Gasteiger partial charge in [0.25, 0.3) is 0 Å². The zero-order valence-electron chi connectivity index (χ0n) is 9.10. The molecule has 3 nitrogen and oxygen atoms in total. The maximum absolute atomic E-state index is 5.75. The molecule has 1 rings (SSSR count). The molecule has 0 bridgehead atoms.